The number of phenols is 1. The third-order valence-corrected chi connectivity index (χ3v) is 3.36. The first-order valence-electron chi connectivity index (χ1n) is 7.46. The minimum Gasteiger partial charge on any atom is -0.508 e. The molecule has 0 atom stereocenters. The first-order chi connectivity index (χ1) is 11.7. The van der Waals surface area contributed by atoms with Crippen molar-refractivity contribution >= 4 is 6.09 Å². The predicted octanol–water partition coefficient (Wildman–Crippen LogP) is 3.38. The van der Waals surface area contributed by atoms with Crippen molar-refractivity contribution < 1.29 is 19.2 Å². The summed E-state index contributed by atoms with van der Waals surface area (Å²) in [5.74, 6) is 0.852. The highest BCUT2D eigenvalue weighted by Crippen LogP contribution is 2.23. The first-order valence-corrected chi connectivity index (χ1v) is 7.46. The van der Waals surface area contributed by atoms with Gasteiger partial charge in [-0.15, -0.1) is 0 Å². The number of carbonyl (C=O) groups is 1. The van der Waals surface area contributed by atoms with Crippen molar-refractivity contribution in [3.05, 3.63) is 66.2 Å². The van der Waals surface area contributed by atoms with Crippen molar-refractivity contribution in [2.24, 2.45) is 0 Å². The lowest BCUT2D eigenvalue weighted by Crippen LogP contribution is -2.28. The van der Waals surface area contributed by atoms with Gasteiger partial charge in [0.1, 0.15) is 5.75 Å². The lowest BCUT2D eigenvalue weighted by Gasteiger charge is -2.04. The van der Waals surface area contributed by atoms with E-state index in [1.54, 1.807) is 30.3 Å². The van der Waals surface area contributed by atoms with Gasteiger partial charge in [-0.2, -0.15) is 0 Å². The molecule has 2 aromatic carbocycles. The Labute approximate surface area is 138 Å². The number of amides is 1. The molecular weight excluding hydrogens is 308 g/mol. The fourth-order valence-electron chi connectivity index (χ4n) is 2.15. The van der Waals surface area contributed by atoms with Crippen LogP contribution < -0.4 is 10.1 Å². The van der Waals surface area contributed by atoms with Gasteiger partial charge < -0.3 is 19.7 Å². The fourth-order valence-corrected chi connectivity index (χ4v) is 2.15. The van der Waals surface area contributed by atoms with Crippen LogP contribution in [0.1, 0.15) is 5.56 Å². The highest BCUT2D eigenvalue weighted by Gasteiger charge is 2.11. The molecule has 6 nitrogen and oxygen atoms in total. The molecule has 0 bridgehead atoms. The number of benzene rings is 2. The zero-order valence-corrected chi connectivity index (χ0v) is 12.8. The van der Waals surface area contributed by atoms with E-state index in [1.165, 1.54) is 0 Å². The normalized spacial score (nSPS) is 10.3. The quantitative estimate of drug-likeness (QED) is 0.751. The number of aromatic hydroxyl groups is 1. The van der Waals surface area contributed by atoms with E-state index in [1.807, 2.05) is 30.3 Å². The number of nitrogens with one attached hydrogen (secondary N) is 1. The zero-order valence-electron chi connectivity index (χ0n) is 12.8. The summed E-state index contributed by atoms with van der Waals surface area (Å²) in [4.78, 5) is 11.7. The number of ether oxygens (including phenoxy) is 1. The molecule has 0 saturated carbocycles. The van der Waals surface area contributed by atoms with Crippen molar-refractivity contribution in [3.8, 4) is 23.0 Å². The van der Waals surface area contributed by atoms with E-state index in [2.05, 4.69) is 10.5 Å². The summed E-state index contributed by atoms with van der Waals surface area (Å²) in [6.45, 7) is 0.410. The van der Waals surface area contributed by atoms with Gasteiger partial charge in [0.05, 0.1) is 6.07 Å². The molecule has 24 heavy (non-hydrogen) atoms. The second kappa shape index (κ2) is 7.32. The summed E-state index contributed by atoms with van der Waals surface area (Å²) >= 11 is 0. The van der Waals surface area contributed by atoms with Gasteiger partial charge in [0.15, 0.2) is 5.76 Å². The molecule has 0 fully saturated rings. The molecule has 0 saturated heterocycles. The second-order valence-electron chi connectivity index (χ2n) is 5.13. The Hall–Kier alpha value is -3.28. The molecular formula is C18H16N2O4. The molecule has 0 aliphatic heterocycles. The monoisotopic (exact) mass is 324 g/mol. The topological polar surface area (TPSA) is 84.6 Å². The maximum Gasteiger partial charge on any atom is 0.414 e. The Morgan fingerprint density at radius 2 is 1.88 bits per heavy atom. The number of aromatic nitrogens is 1. The van der Waals surface area contributed by atoms with Crippen LogP contribution in [0.4, 0.5) is 4.79 Å². The second-order valence-corrected chi connectivity index (χ2v) is 5.13. The highest BCUT2D eigenvalue weighted by atomic mass is 16.6. The molecule has 122 valence electrons. The maximum absolute atomic E-state index is 11.7. The number of phenolic OH excluding ortho intramolecular Hbond substituents is 1. The Bertz CT molecular complexity index is 797. The average Bonchev–Trinajstić information content (AvgIpc) is 3.06. The van der Waals surface area contributed by atoms with Gasteiger partial charge in [0.25, 0.3) is 5.88 Å². The van der Waals surface area contributed by atoms with Gasteiger partial charge in [0, 0.05) is 12.1 Å². The van der Waals surface area contributed by atoms with Crippen LogP contribution in [0.25, 0.3) is 11.3 Å². The van der Waals surface area contributed by atoms with E-state index in [0.717, 1.165) is 11.1 Å². The molecule has 6 heteroatoms. The third-order valence-electron chi connectivity index (χ3n) is 3.36. The SMILES string of the molecule is O=C(NCCc1ccc(O)cc1)Oc1cc(-c2ccccc2)on1. The first kappa shape index (κ1) is 15.6. The lowest BCUT2D eigenvalue weighted by atomic mass is 10.1. The number of hydrogen-bond donors (Lipinski definition) is 2. The van der Waals surface area contributed by atoms with E-state index >= 15 is 0 Å². The molecule has 0 aliphatic carbocycles. The van der Waals surface area contributed by atoms with Crippen molar-refractivity contribution in [1.82, 2.24) is 10.5 Å². The number of hydrogen-bond acceptors (Lipinski definition) is 5. The number of rotatable bonds is 5. The average molecular weight is 324 g/mol. The van der Waals surface area contributed by atoms with Gasteiger partial charge in [-0.05, 0) is 29.3 Å². The van der Waals surface area contributed by atoms with Gasteiger partial charge in [-0.1, -0.05) is 42.5 Å². The molecule has 1 aromatic heterocycles. The highest BCUT2D eigenvalue weighted by molar-refractivity contribution is 5.70. The van der Waals surface area contributed by atoms with Gasteiger partial charge in [-0.25, -0.2) is 4.79 Å². The van der Waals surface area contributed by atoms with Gasteiger partial charge in [0.2, 0.25) is 0 Å². The molecule has 0 radical (unpaired) electrons. The van der Waals surface area contributed by atoms with Crippen LogP contribution in [-0.2, 0) is 6.42 Å². The van der Waals surface area contributed by atoms with E-state index in [9.17, 15) is 9.90 Å². The summed E-state index contributed by atoms with van der Waals surface area (Å²) < 4.78 is 10.2. The van der Waals surface area contributed by atoms with E-state index in [4.69, 9.17) is 9.26 Å². The third kappa shape index (κ3) is 4.13. The molecule has 1 heterocycles. The maximum atomic E-state index is 11.7. The van der Waals surface area contributed by atoms with E-state index in [0.29, 0.717) is 18.7 Å². The molecule has 0 unspecified atom stereocenters. The number of carbonyl (C=O) groups excluding carboxylic acids is 1. The standard InChI is InChI=1S/C18H16N2O4/c21-15-8-6-13(7-9-15)10-11-19-18(22)23-17-12-16(24-20-17)14-4-2-1-3-5-14/h1-9,12,21H,10-11H2,(H,19,22). The molecule has 0 spiro atoms. The van der Waals surface area contributed by atoms with Crippen molar-refractivity contribution in [2.45, 2.75) is 6.42 Å². The lowest BCUT2D eigenvalue weighted by molar-refractivity contribution is 0.196. The summed E-state index contributed by atoms with van der Waals surface area (Å²) in [7, 11) is 0. The minimum absolute atomic E-state index is 0.107. The fraction of sp³-hybridized carbons (Fsp3) is 0.111. The van der Waals surface area contributed by atoms with Gasteiger partial charge in [-0.3, -0.25) is 0 Å². The van der Waals surface area contributed by atoms with Crippen LogP contribution in [0.2, 0.25) is 0 Å². The molecule has 3 rings (SSSR count). The minimum atomic E-state index is -0.596. The van der Waals surface area contributed by atoms with Gasteiger partial charge >= 0.3 is 6.09 Å². The predicted molar refractivity (Wildman–Crippen MR) is 87.8 cm³/mol. The van der Waals surface area contributed by atoms with Crippen LogP contribution >= 0.6 is 0 Å². The Morgan fingerprint density at radius 1 is 1.12 bits per heavy atom. The van der Waals surface area contributed by atoms with Crippen LogP contribution in [-0.4, -0.2) is 22.9 Å². The molecule has 2 N–H and O–H groups in total. The molecule has 3 aromatic rings. The van der Waals surface area contributed by atoms with Crippen molar-refractivity contribution in [3.63, 3.8) is 0 Å². The largest absolute Gasteiger partial charge is 0.508 e. The Balaban J connectivity index is 1.48. The molecule has 1 amide bonds. The van der Waals surface area contributed by atoms with E-state index < -0.39 is 6.09 Å². The summed E-state index contributed by atoms with van der Waals surface area (Å²) in [6, 6.07) is 17.8. The summed E-state index contributed by atoms with van der Waals surface area (Å²) in [6.07, 6.45) is 0.0328. The number of nitrogens with zero attached hydrogens (tertiary/aromatic N) is 1. The zero-order chi connectivity index (χ0) is 16.8. The van der Waals surface area contributed by atoms with Crippen molar-refractivity contribution in [1.29, 1.82) is 0 Å². The smallest absolute Gasteiger partial charge is 0.414 e. The van der Waals surface area contributed by atoms with E-state index in [-0.39, 0.29) is 11.6 Å². The summed E-state index contributed by atoms with van der Waals surface area (Å²) in [5.41, 5.74) is 1.86. The van der Waals surface area contributed by atoms with Crippen LogP contribution in [0, 0.1) is 0 Å². The van der Waals surface area contributed by atoms with Crippen LogP contribution in [0.15, 0.2) is 65.2 Å². The van der Waals surface area contributed by atoms with Crippen molar-refractivity contribution in [2.75, 3.05) is 6.54 Å². The Kier molecular flexibility index (Phi) is 4.76. The molecule has 0 aliphatic rings. The van der Waals surface area contributed by atoms with Crippen LogP contribution in [0.5, 0.6) is 11.6 Å². The Morgan fingerprint density at radius 3 is 2.62 bits per heavy atom. The summed E-state index contributed by atoms with van der Waals surface area (Å²) in [5, 5.41) is 15.6. The van der Waals surface area contributed by atoms with Crippen LogP contribution in [0.3, 0.4) is 0 Å².